The Morgan fingerprint density at radius 2 is 1.90 bits per heavy atom. The van der Waals surface area contributed by atoms with E-state index in [4.69, 9.17) is 4.74 Å². The molecule has 1 saturated carbocycles. The zero-order valence-corrected chi connectivity index (χ0v) is 13.7. The first-order valence-electron chi connectivity index (χ1n) is 7.17. The van der Waals surface area contributed by atoms with Gasteiger partial charge in [-0.2, -0.15) is 0 Å². The summed E-state index contributed by atoms with van der Waals surface area (Å²) < 4.78 is 6.72. The van der Waals surface area contributed by atoms with Gasteiger partial charge in [-0.05, 0) is 57.6 Å². The fourth-order valence-electron chi connectivity index (χ4n) is 2.80. The standard InChI is InChI=1S/C16H22BrNO2/c1-18(2)11-13-5-3-4-6-15(13)20-16(19)12-7-9-14(17)10-8-12/h7-10,13,15H,3-6,11H2,1-2H3/t13-,15+/m0/s1. The number of benzene rings is 1. The minimum atomic E-state index is -0.201. The van der Waals surface area contributed by atoms with Gasteiger partial charge in [-0.25, -0.2) is 4.79 Å². The van der Waals surface area contributed by atoms with E-state index in [-0.39, 0.29) is 12.1 Å². The van der Waals surface area contributed by atoms with Gasteiger partial charge in [-0.3, -0.25) is 0 Å². The average Bonchev–Trinajstić information content (AvgIpc) is 2.41. The molecule has 20 heavy (non-hydrogen) atoms. The van der Waals surface area contributed by atoms with E-state index < -0.39 is 0 Å². The van der Waals surface area contributed by atoms with Gasteiger partial charge in [0, 0.05) is 16.9 Å². The van der Waals surface area contributed by atoms with Crippen molar-refractivity contribution in [2.24, 2.45) is 5.92 Å². The van der Waals surface area contributed by atoms with E-state index >= 15 is 0 Å². The van der Waals surface area contributed by atoms with Crippen molar-refractivity contribution >= 4 is 21.9 Å². The van der Waals surface area contributed by atoms with E-state index in [9.17, 15) is 4.79 Å². The van der Waals surface area contributed by atoms with Gasteiger partial charge in [0.05, 0.1) is 5.56 Å². The van der Waals surface area contributed by atoms with Crippen LogP contribution < -0.4 is 0 Å². The quantitative estimate of drug-likeness (QED) is 0.783. The van der Waals surface area contributed by atoms with Crippen LogP contribution in [-0.2, 0) is 4.74 Å². The molecule has 0 saturated heterocycles. The third-order valence-electron chi connectivity index (χ3n) is 3.78. The summed E-state index contributed by atoms with van der Waals surface area (Å²) in [7, 11) is 4.14. The van der Waals surface area contributed by atoms with Crippen molar-refractivity contribution in [1.29, 1.82) is 0 Å². The van der Waals surface area contributed by atoms with E-state index in [0.717, 1.165) is 30.3 Å². The number of esters is 1. The minimum absolute atomic E-state index is 0.0577. The average molecular weight is 340 g/mol. The summed E-state index contributed by atoms with van der Waals surface area (Å²) in [6, 6.07) is 7.34. The molecule has 0 aliphatic heterocycles. The Bertz CT molecular complexity index is 444. The second-order valence-corrected chi connectivity index (χ2v) is 6.67. The highest BCUT2D eigenvalue weighted by atomic mass is 79.9. The predicted molar refractivity (Wildman–Crippen MR) is 83.9 cm³/mol. The number of rotatable bonds is 4. The minimum Gasteiger partial charge on any atom is -0.458 e. The fraction of sp³-hybridized carbons (Fsp3) is 0.562. The molecule has 0 spiro atoms. The number of hydrogen-bond acceptors (Lipinski definition) is 3. The Kier molecular flexibility index (Phi) is 5.61. The van der Waals surface area contributed by atoms with E-state index in [2.05, 4.69) is 34.9 Å². The van der Waals surface area contributed by atoms with Crippen LogP contribution in [0.2, 0.25) is 0 Å². The molecule has 0 unspecified atom stereocenters. The van der Waals surface area contributed by atoms with E-state index in [1.54, 1.807) is 12.1 Å². The maximum absolute atomic E-state index is 12.2. The van der Waals surface area contributed by atoms with Crippen molar-refractivity contribution < 1.29 is 9.53 Å². The van der Waals surface area contributed by atoms with Crippen LogP contribution in [0.4, 0.5) is 0 Å². The molecule has 1 fully saturated rings. The number of carbonyl (C=O) groups is 1. The molecular formula is C16H22BrNO2. The molecule has 1 aromatic rings. The van der Waals surface area contributed by atoms with Gasteiger partial charge in [0.1, 0.15) is 6.10 Å². The molecule has 4 heteroatoms. The SMILES string of the molecule is CN(C)C[C@@H]1CCCC[C@H]1OC(=O)c1ccc(Br)cc1. The van der Waals surface area contributed by atoms with Crippen LogP contribution in [0.1, 0.15) is 36.0 Å². The number of hydrogen-bond donors (Lipinski definition) is 0. The summed E-state index contributed by atoms with van der Waals surface area (Å²) in [5, 5.41) is 0. The number of carbonyl (C=O) groups excluding carboxylic acids is 1. The van der Waals surface area contributed by atoms with Crippen molar-refractivity contribution in [2.75, 3.05) is 20.6 Å². The Morgan fingerprint density at radius 3 is 2.55 bits per heavy atom. The van der Waals surface area contributed by atoms with E-state index in [1.807, 2.05) is 12.1 Å². The molecule has 0 bridgehead atoms. The van der Waals surface area contributed by atoms with Crippen LogP contribution >= 0.6 is 15.9 Å². The van der Waals surface area contributed by atoms with Crippen LogP contribution in [0, 0.1) is 5.92 Å². The molecular weight excluding hydrogens is 318 g/mol. The molecule has 0 N–H and O–H groups in total. The smallest absolute Gasteiger partial charge is 0.338 e. The fourth-order valence-corrected chi connectivity index (χ4v) is 3.06. The lowest BCUT2D eigenvalue weighted by Gasteiger charge is -2.32. The summed E-state index contributed by atoms with van der Waals surface area (Å²) in [6.07, 6.45) is 4.59. The van der Waals surface area contributed by atoms with Gasteiger partial charge >= 0.3 is 5.97 Å². The molecule has 2 atom stereocenters. The van der Waals surface area contributed by atoms with Crippen molar-refractivity contribution in [1.82, 2.24) is 4.90 Å². The summed E-state index contributed by atoms with van der Waals surface area (Å²) in [4.78, 5) is 14.4. The molecule has 110 valence electrons. The first-order chi connectivity index (χ1) is 9.56. The maximum atomic E-state index is 12.2. The van der Waals surface area contributed by atoms with Crippen molar-refractivity contribution in [3.05, 3.63) is 34.3 Å². The Morgan fingerprint density at radius 1 is 1.25 bits per heavy atom. The van der Waals surface area contributed by atoms with Crippen molar-refractivity contribution in [3.8, 4) is 0 Å². The molecule has 0 aromatic heterocycles. The van der Waals surface area contributed by atoms with Crippen LogP contribution in [0.15, 0.2) is 28.7 Å². The van der Waals surface area contributed by atoms with Gasteiger partial charge in [-0.1, -0.05) is 22.4 Å². The highest BCUT2D eigenvalue weighted by Crippen LogP contribution is 2.28. The Balaban J connectivity index is 1.99. The predicted octanol–water partition coefficient (Wildman–Crippen LogP) is 3.73. The van der Waals surface area contributed by atoms with Gasteiger partial charge < -0.3 is 9.64 Å². The highest BCUT2D eigenvalue weighted by molar-refractivity contribution is 9.10. The lowest BCUT2D eigenvalue weighted by atomic mass is 9.86. The third kappa shape index (κ3) is 4.32. The van der Waals surface area contributed by atoms with Crippen LogP contribution in [0.3, 0.4) is 0 Å². The Hall–Kier alpha value is -0.870. The van der Waals surface area contributed by atoms with E-state index in [1.165, 1.54) is 6.42 Å². The first kappa shape index (κ1) is 15.5. The summed E-state index contributed by atoms with van der Waals surface area (Å²) in [6.45, 7) is 0.984. The third-order valence-corrected chi connectivity index (χ3v) is 4.31. The van der Waals surface area contributed by atoms with Crippen molar-refractivity contribution in [2.45, 2.75) is 31.8 Å². The van der Waals surface area contributed by atoms with Crippen LogP contribution in [0.25, 0.3) is 0 Å². The highest BCUT2D eigenvalue weighted by Gasteiger charge is 2.28. The van der Waals surface area contributed by atoms with E-state index in [0.29, 0.717) is 11.5 Å². The largest absolute Gasteiger partial charge is 0.458 e. The molecule has 1 aromatic carbocycles. The summed E-state index contributed by atoms with van der Waals surface area (Å²) in [5.74, 6) is 0.256. The first-order valence-corrected chi connectivity index (χ1v) is 7.97. The Labute approximate surface area is 129 Å². The molecule has 0 heterocycles. The van der Waals surface area contributed by atoms with Crippen LogP contribution in [-0.4, -0.2) is 37.6 Å². The maximum Gasteiger partial charge on any atom is 0.338 e. The molecule has 0 amide bonds. The molecule has 1 aliphatic rings. The number of nitrogens with zero attached hydrogens (tertiary/aromatic N) is 1. The normalized spacial score (nSPS) is 22.8. The number of ether oxygens (including phenoxy) is 1. The lowest BCUT2D eigenvalue weighted by Crippen LogP contribution is -2.36. The zero-order chi connectivity index (χ0) is 14.5. The monoisotopic (exact) mass is 339 g/mol. The van der Waals surface area contributed by atoms with Crippen molar-refractivity contribution in [3.63, 3.8) is 0 Å². The van der Waals surface area contributed by atoms with Gasteiger partial charge in [-0.15, -0.1) is 0 Å². The lowest BCUT2D eigenvalue weighted by molar-refractivity contribution is -0.00324. The molecule has 3 nitrogen and oxygen atoms in total. The molecule has 1 aliphatic carbocycles. The molecule has 2 rings (SSSR count). The summed E-state index contributed by atoms with van der Waals surface area (Å²) in [5.41, 5.74) is 0.627. The van der Waals surface area contributed by atoms with Gasteiger partial charge in [0.25, 0.3) is 0 Å². The second-order valence-electron chi connectivity index (χ2n) is 5.76. The second kappa shape index (κ2) is 7.23. The number of halogens is 1. The van der Waals surface area contributed by atoms with Gasteiger partial charge in [0.15, 0.2) is 0 Å². The van der Waals surface area contributed by atoms with Crippen LogP contribution in [0.5, 0.6) is 0 Å². The topological polar surface area (TPSA) is 29.5 Å². The van der Waals surface area contributed by atoms with Gasteiger partial charge in [0.2, 0.25) is 0 Å². The molecule has 0 radical (unpaired) electrons. The zero-order valence-electron chi connectivity index (χ0n) is 12.1. The summed E-state index contributed by atoms with van der Waals surface area (Å²) >= 11 is 3.37.